The monoisotopic (exact) mass is 191 g/mol. The first-order valence-electron chi connectivity index (χ1n) is 5.31. The third kappa shape index (κ3) is 2.14. The lowest BCUT2D eigenvalue weighted by Crippen LogP contribution is -2.36. The Labute approximate surface area is 85.0 Å². The summed E-state index contributed by atoms with van der Waals surface area (Å²) in [6.07, 6.45) is 3.46. The quantitative estimate of drug-likeness (QED) is 0.750. The van der Waals surface area contributed by atoms with Crippen molar-refractivity contribution in [2.45, 2.75) is 25.3 Å². The first kappa shape index (κ1) is 9.69. The number of aliphatic hydroxyl groups excluding tert-OH is 1. The molecule has 0 heterocycles. The maximum atomic E-state index is 8.73. The largest absolute Gasteiger partial charge is 0.395 e. The molecule has 0 aromatic heterocycles. The molecule has 0 saturated heterocycles. The zero-order valence-electron chi connectivity index (χ0n) is 8.37. The highest BCUT2D eigenvalue weighted by atomic mass is 16.3. The summed E-state index contributed by atoms with van der Waals surface area (Å²) in [5.74, 6) is 0. The molecule has 1 atom stereocenters. The first-order valence-corrected chi connectivity index (χ1v) is 5.31. The van der Waals surface area contributed by atoms with Crippen LogP contribution in [-0.2, 0) is 12.8 Å². The highest BCUT2D eigenvalue weighted by Gasteiger charge is 2.16. The lowest BCUT2D eigenvalue weighted by atomic mass is 9.88. The summed E-state index contributed by atoms with van der Waals surface area (Å²) in [6.45, 7) is 0.949. The van der Waals surface area contributed by atoms with Crippen LogP contribution in [-0.4, -0.2) is 24.3 Å². The van der Waals surface area contributed by atoms with Crippen molar-refractivity contribution < 1.29 is 5.11 Å². The number of hydrogen-bond donors (Lipinski definition) is 2. The van der Waals surface area contributed by atoms with Crippen LogP contribution in [0.1, 0.15) is 17.5 Å². The molecule has 2 rings (SSSR count). The molecule has 14 heavy (non-hydrogen) atoms. The Morgan fingerprint density at radius 2 is 2.07 bits per heavy atom. The van der Waals surface area contributed by atoms with E-state index in [0.29, 0.717) is 12.6 Å². The number of hydrogen-bond acceptors (Lipinski definition) is 2. The zero-order valence-corrected chi connectivity index (χ0v) is 8.37. The SMILES string of the molecule is OCCN[C@H]1CCc2ccccc2C1. The van der Waals surface area contributed by atoms with Crippen LogP contribution < -0.4 is 5.32 Å². The average molecular weight is 191 g/mol. The number of aliphatic hydroxyl groups is 1. The summed E-state index contributed by atoms with van der Waals surface area (Å²) in [6, 6.07) is 9.20. The van der Waals surface area contributed by atoms with Gasteiger partial charge in [0, 0.05) is 12.6 Å². The topological polar surface area (TPSA) is 32.3 Å². The van der Waals surface area contributed by atoms with Gasteiger partial charge < -0.3 is 10.4 Å². The molecule has 0 radical (unpaired) electrons. The van der Waals surface area contributed by atoms with Crippen molar-refractivity contribution in [2.24, 2.45) is 0 Å². The maximum Gasteiger partial charge on any atom is 0.0556 e. The van der Waals surface area contributed by atoms with Gasteiger partial charge in [-0.15, -0.1) is 0 Å². The zero-order chi connectivity index (χ0) is 9.80. The summed E-state index contributed by atoms with van der Waals surface area (Å²) in [7, 11) is 0. The van der Waals surface area contributed by atoms with Crippen molar-refractivity contribution >= 4 is 0 Å². The van der Waals surface area contributed by atoms with Crippen molar-refractivity contribution in [1.82, 2.24) is 5.32 Å². The van der Waals surface area contributed by atoms with Crippen molar-refractivity contribution in [3.63, 3.8) is 0 Å². The Morgan fingerprint density at radius 3 is 2.86 bits per heavy atom. The molecule has 2 heteroatoms. The summed E-state index contributed by atoms with van der Waals surface area (Å²) in [5, 5.41) is 12.1. The van der Waals surface area contributed by atoms with Gasteiger partial charge >= 0.3 is 0 Å². The third-order valence-corrected chi connectivity index (χ3v) is 2.89. The van der Waals surface area contributed by atoms with Gasteiger partial charge in [-0.05, 0) is 30.4 Å². The molecule has 0 bridgehead atoms. The van der Waals surface area contributed by atoms with E-state index in [4.69, 9.17) is 5.11 Å². The Morgan fingerprint density at radius 1 is 1.29 bits per heavy atom. The molecule has 1 aliphatic carbocycles. The van der Waals surface area contributed by atoms with Crippen LogP contribution in [0.4, 0.5) is 0 Å². The van der Waals surface area contributed by atoms with E-state index >= 15 is 0 Å². The van der Waals surface area contributed by atoms with Gasteiger partial charge in [-0.1, -0.05) is 24.3 Å². The summed E-state index contributed by atoms with van der Waals surface area (Å²) >= 11 is 0. The Balaban J connectivity index is 1.99. The minimum atomic E-state index is 0.234. The predicted octanol–water partition coefficient (Wildman–Crippen LogP) is 1.13. The van der Waals surface area contributed by atoms with Crippen LogP contribution in [0.25, 0.3) is 0 Å². The number of benzene rings is 1. The second kappa shape index (κ2) is 4.58. The predicted molar refractivity (Wildman–Crippen MR) is 57.3 cm³/mol. The smallest absolute Gasteiger partial charge is 0.0556 e. The number of aryl methyl sites for hydroxylation is 1. The molecule has 1 aromatic rings. The summed E-state index contributed by atoms with van der Waals surface area (Å²) < 4.78 is 0. The van der Waals surface area contributed by atoms with Gasteiger partial charge in [-0.2, -0.15) is 0 Å². The molecule has 2 N–H and O–H groups in total. The molecule has 0 unspecified atom stereocenters. The maximum absolute atomic E-state index is 8.73. The molecular formula is C12H17NO. The normalized spacial score (nSPS) is 20.5. The standard InChI is InChI=1S/C12H17NO/c14-8-7-13-12-6-5-10-3-1-2-4-11(10)9-12/h1-4,12-14H,5-9H2/t12-/m0/s1. The van der Waals surface area contributed by atoms with Crippen molar-refractivity contribution in [3.05, 3.63) is 35.4 Å². The molecule has 2 nitrogen and oxygen atoms in total. The molecule has 1 aliphatic rings. The average Bonchev–Trinajstić information content (AvgIpc) is 2.26. The van der Waals surface area contributed by atoms with Crippen LogP contribution >= 0.6 is 0 Å². The van der Waals surface area contributed by atoms with E-state index in [2.05, 4.69) is 29.6 Å². The number of nitrogens with one attached hydrogen (secondary N) is 1. The fourth-order valence-corrected chi connectivity index (χ4v) is 2.14. The fraction of sp³-hybridized carbons (Fsp3) is 0.500. The molecule has 0 spiro atoms. The van der Waals surface area contributed by atoms with Crippen molar-refractivity contribution in [2.75, 3.05) is 13.2 Å². The van der Waals surface area contributed by atoms with E-state index < -0.39 is 0 Å². The first-order chi connectivity index (χ1) is 6.90. The fourth-order valence-electron chi connectivity index (χ4n) is 2.14. The molecule has 76 valence electrons. The van der Waals surface area contributed by atoms with Crippen LogP contribution in [0.15, 0.2) is 24.3 Å². The second-order valence-electron chi connectivity index (χ2n) is 3.89. The second-order valence-corrected chi connectivity index (χ2v) is 3.89. The van der Waals surface area contributed by atoms with Gasteiger partial charge in [-0.25, -0.2) is 0 Å². The van der Waals surface area contributed by atoms with Gasteiger partial charge in [-0.3, -0.25) is 0 Å². The molecule has 0 saturated carbocycles. The molecule has 0 amide bonds. The van der Waals surface area contributed by atoms with E-state index in [-0.39, 0.29) is 6.61 Å². The van der Waals surface area contributed by atoms with Gasteiger partial charge in [0.2, 0.25) is 0 Å². The van der Waals surface area contributed by atoms with Crippen LogP contribution in [0, 0.1) is 0 Å². The Kier molecular flexibility index (Phi) is 3.17. The van der Waals surface area contributed by atoms with Gasteiger partial charge in [0.25, 0.3) is 0 Å². The van der Waals surface area contributed by atoms with Crippen LogP contribution in [0.5, 0.6) is 0 Å². The van der Waals surface area contributed by atoms with E-state index in [9.17, 15) is 0 Å². The van der Waals surface area contributed by atoms with E-state index in [1.165, 1.54) is 24.0 Å². The number of rotatable bonds is 3. The third-order valence-electron chi connectivity index (χ3n) is 2.89. The van der Waals surface area contributed by atoms with Gasteiger partial charge in [0.1, 0.15) is 0 Å². The highest BCUT2D eigenvalue weighted by Crippen LogP contribution is 2.20. The van der Waals surface area contributed by atoms with Gasteiger partial charge in [0.05, 0.1) is 6.61 Å². The minimum Gasteiger partial charge on any atom is -0.395 e. The van der Waals surface area contributed by atoms with Gasteiger partial charge in [0.15, 0.2) is 0 Å². The van der Waals surface area contributed by atoms with Crippen LogP contribution in [0.3, 0.4) is 0 Å². The minimum absolute atomic E-state index is 0.234. The van der Waals surface area contributed by atoms with Crippen molar-refractivity contribution in [1.29, 1.82) is 0 Å². The van der Waals surface area contributed by atoms with E-state index in [1.807, 2.05) is 0 Å². The number of fused-ring (bicyclic) bond motifs is 1. The molecule has 1 aromatic carbocycles. The van der Waals surface area contributed by atoms with Crippen molar-refractivity contribution in [3.8, 4) is 0 Å². The highest BCUT2D eigenvalue weighted by molar-refractivity contribution is 5.30. The van der Waals surface area contributed by atoms with E-state index in [0.717, 1.165) is 6.42 Å². The lowest BCUT2D eigenvalue weighted by Gasteiger charge is -2.25. The van der Waals surface area contributed by atoms with Crippen LogP contribution in [0.2, 0.25) is 0 Å². The van der Waals surface area contributed by atoms with E-state index in [1.54, 1.807) is 0 Å². The summed E-state index contributed by atoms with van der Waals surface area (Å²) in [4.78, 5) is 0. The molecule has 0 fully saturated rings. The Hall–Kier alpha value is -0.860. The Bertz CT molecular complexity index is 298. The molecular weight excluding hydrogens is 174 g/mol. The molecule has 0 aliphatic heterocycles. The lowest BCUT2D eigenvalue weighted by molar-refractivity contribution is 0.280. The summed E-state index contributed by atoms with van der Waals surface area (Å²) in [5.41, 5.74) is 2.96.